The van der Waals surface area contributed by atoms with Gasteiger partial charge in [-0.15, -0.1) is 0 Å². The molecule has 1 amide bonds. The van der Waals surface area contributed by atoms with Crippen molar-refractivity contribution in [3.8, 4) is 0 Å². The van der Waals surface area contributed by atoms with Crippen LogP contribution in [0.2, 0.25) is 0 Å². The summed E-state index contributed by atoms with van der Waals surface area (Å²) in [6, 6.07) is 0. The molecule has 2 fully saturated rings. The van der Waals surface area contributed by atoms with E-state index in [0.29, 0.717) is 11.8 Å². The van der Waals surface area contributed by atoms with Crippen molar-refractivity contribution in [2.24, 2.45) is 16.8 Å². The van der Waals surface area contributed by atoms with Gasteiger partial charge in [0, 0.05) is 52.3 Å². The van der Waals surface area contributed by atoms with Gasteiger partial charge < -0.3 is 24.6 Å². The Morgan fingerprint density at radius 2 is 1.89 bits per heavy atom. The molecule has 7 heteroatoms. The van der Waals surface area contributed by atoms with Crippen LogP contribution in [0.25, 0.3) is 0 Å². The fraction of sp³-hybridized carbons (Fsp3) is 0.905. The maximum atomic E-state index is 12.3. The number of amides is 1. The SMILES string of the molecule is CCNC(=NCCC1CCCN(C(=O)OC(C)(C)C)C1)N1CCC(COC)C1. The number of likely N-dealkylation sites (tertiary alicyclic amines) is 2. The number of hydrogen-bond donors (Lipinski definition) is 1. The fourth-order valence-corrected chi connectivity index (χ4v) is 3.97. The third kappa shape index (κ3) is 7.49. The van der Waals surface area contributed by atoms with Crippen LogP contribution in [0.4, 0.5) is 4.79 Å². The molecule has 0 aromatic heterocycles. The molecule has 7 nitrogen and oxygen atoms in total. The summed E-state index contributed by atoms with van der Waals surface area (Å²) in [5.41, 5.74) is -0.439. The minimum Gasteiger partial charge on any atom is -0.444 e. The van der Waals surface area contributed by atoms with Crippen LogP contribution in [0.15, 0.2) is 4.99 Å². The fourth-order valence-electron chi connectivity index (χ4n) is 3.97. The number of piperidine rings is 1. The smallest absolute Gasteiger partial charge is 0.410 e. The van der Waals surface area contributed by atoms with Gasteiger partial charge in [-0.1, -0.05) is 0 Å². The van der Waals surface area contributed by atoms with E-state index >= 15 is 0 Å². The van der Waals surface area contributed by atoms with E-state index in [9.17, 15) is 4.79 Å². The Balaban J connectivity index is 1.82. The van der Waals surface area contributed by atoms with Crippen molar-refractivity contribution in [1.82, 2.24) is 15.1 Å². The maximum Gasteiger partial charge on any atom is 0.410 e. The molecule has 2 saturated heterocycles. The van der Waals surface area contributed by atoms with Crippen LogP contribution in [0.3, 0.4) is 0 Å². The zero-order valence-electron chi connectivity index (χ0n) is 18.5. The second-order valence-corrected chi connectivity index (χ2v) is 9.02. The van der Waals surface area contributed by atoms with Crippen LogP contribution in [0, 0.1) is 11.8 Å². The number of aliphatic imine (C=N–C) groups is 1. The summed E-state index contributed by atoms with van der Waals surface area (Å²) >= 11 is 0. The van der Waals surface area contributed by atoms with Crippen LogP contribution < -0.4 is 5.32 Å². The molecule has 0 radical (unpaired) electrons. The van der Waals surface area contributed by atoms with E-state index < -0.39 is 5.60 Å². The Morgan fingerprint density at radius 1 is 1.14 bits per heavy atom. The monoisotopic (exact) mass is 396 g/mol. The lowest BCUT2D eigenvalue weighted by atomic mass is 9.95. The second kappa shape index (κ2) is 10.9. The third-order valence-corrected chi connectivity index (χ3v) is 5.29. The number of nitrogens with zero attached hydrogens (tertiary/aromatic N) is 3. The molecule has 0 aromatic carbocycles. The Morgan fingerprint density at radius 3 is 2.57 bits per heavy atom. The molecule has 162 valence electrons. The lowest BCUT2D eigenvalue weighted by Gasteiger charge is -2.34. The van der Waals surface area contributed by atoms with Gasteiger partial charge in [-0.2, -0.15) is 0 Å². The summed E-state index contributed by atoms with van der Waals surface area (Å²) in [5, 5.41) is 3.43. The first-order valence-electron chi connectivity index (χ1n) is 10.8. The molecule has 2 rings (SSSR count). The number of rotatable bonds is 6. The van der Waals surface area contributed by atoms with Gasteiger partial charge in [-0.05, 0) is 59.3 Å². The van der Waals surface area contributed by atoms with Gasteiger partial charge in [0.1, 0.15) is 5.60 Å². The van der Waals surface area contributed by atoms with Crippen molar-refractivity contribution in [1.29, 1.82) is 0 Å². The summed E-state index contributed by atoms with van der Waals surface area (Å²) in [6.45, 7) is 14.0. The molecular formula is C21H40N4O3. The summed E-state index contributed by atoms with van der Waals surface area (Å²) in [5.74, 6) is 2.10. The maximum absolute atomic E-state index is 12.3. The Kier molecular flexibility index (Phi) is 8.86. The van der Waals surface area contributed by atoms with Crippen LogP contribution in [-0.2, 0) is 9.47 Å². The van der Waals surface area contributed by atoms with Crippen molar-refractivity contribution < 1.29 is 14.3 Å². The molecular weight excluding hydrogens is 356 g/mol. The highest BCUT2D eigenvalue weighted by atomic mass is 16.6. The van der Waals surface area contributed by atoms with E-state index in [1.54, 1.807) is 7.11 Å². The van der Waals surface area contributed by atoms with E-state index in [-0.39, 0.29) is 6.09 Å². The third-order valence-electron chi connectivity index (χ3n) is 5.29. The standard InChI is InChI=1S/C21H40N4O3/c1-6-22-19(24-13-10-18(15-24)16-27-5)23-11-9-17-8-7-12-25(14-17)20(26)28-21(2,3)4/h17-18H,6-16H2,1-5H3,(H,22,23). The molecule has 2 aliphatic heterocycles. The number of carbonyl (C=O) groups is 1. The summed E-state index contributed by atoms with van der Waals surface area (Å²) in [6.07, 6.45) is 4.17. The molecule has 0 aliphatic carbocycles. The summed E-state index contributed by atoms with van der Waals surface area (Å²) < 4.78 is 10.8. The van der Waals surface area contributed by atoms with E-state index in [1.165, 1.54) is 0 Å². The Labute approximate surface area is 170 Å². The number of ether oxygens (including phenoxy) is 2. The predicted octanol–water partition coefficient (Wildman–Crippen LogP) is 2.96. The largest absolute Gasteiger partial charge is 0.444 e. The molecule has 1 N–H and O–H groups in total. The van der Waals surface area contributed by atoms with Crippen molar-refractivity contribution in [3.63, 3.8) is 0 Å². The molecule has 2 unspecified atom stereocenters. The van der Waals surface area contributed by atoms with E-state index in [0.717, 1.165) is 77.5 Å². The number of nitrogens with one attached hydrogen (secondary N) is 1. The topological polar surface area (TPSA) is 66.4 Å². The number of guanidine groups is 1. The van der Waals surface area contributed by atoms with E-state index in [1.807, 2.05) is 25.7 Å². The normalized spacial score (nSPS) is 23.8. The molecule has 0 aromatic rings. The summed E-state index contributed by atoms with van der Waals surface area (Å²) in [7, 11) is 1.77. The highest BCUT2D eigenvalue weighted by molar-refractivity contribution is 5.80. The first kappa shape index (κ1) is 22.8. The molecule has 2 aliphatic rings. The number of methoxy groups -OCH3 is 1. The predicted molar refractivity (Wildman–Crippen MR) is 113 cm³/mol. The first-order chi connectivity index (χ1) is 13.3. The van der Waals surface area contributed by atoms with Gasteiger partial charge in [-0.25, -0.2) is 4.79 Å². The zero-order valence-corrected chi connectivity index (χ0v) is 18.5. The summed E-state index contributed by atoms with van der Waals surface area (Å²) in [4.78, 5) is 21.4. The molecule has 28 heavy (non-hydrogen) atoms. The van der Waals surface area contributed by atoms with Crippen LogP contribution in [0.5, 0.6) is 0 Å². The van der Waals surface area contributed by atoms with Gasteiger partial charge in [-0.3, -0.25) is 4.99 Å². The average Bonchev–Trinajstić information content (AvgIpc) is 3.09. The van der Waals surface area contributed by atoms with Gasteiger partial charge in [0.2, 0.25) is 0 Å². The lowest BCUT2D eigenvalue weighted by molar-refractivity contribution is 0.0163. The Bertz CT molecular complexity index is 518. The second-order valence-electron chi connectivity index (χ2n) is 9.02. The van der Waals surface area contributed by atoms with Crippen molar-refractivity contribution in [3.05, 3.63) is 0 Å². The number of carbonyl (C=O) groups excluding carboxylic acids is 1. The van der Waals surface area contributed by atoms with Crippen LogP contribution in [-0.4, -0.2) is 80.4 Å². The quantitative estimate of drug-likeness (QED) is 0.552. The molecule has 2 atom stereocenters. The first-order valence-corrected chi connectivity index (χ1v) is 10.8. The van der Waals surface area contributed by atoms with E-state index in [4.69, 9.17) is 14.5 Å². The van der Waals surface area contributed by atoms with Crippen molar-refractivity contribution >= 4 is 12.1 Å². The average molecular weight is 397 g/mol. The van der Waals surface area contributed by atoms with Gasteiger partial charge in [0.15, 0.2) is 5.96 Å². The minimum absolute atomic E-state index is 0.185. The van der Waals surface area contributed by atoms with E-state index in [2.05, 4.69) is 17.1 Å². The zero-order chi connectivity index (χ0) is 20.6. The van der Waals surface area contributed by atoms with Crippen molar-refractivity contribution in [2.75, 3.05) is 53.0 Å². The van der Waals surface area contributed by atoms with Crippen molar-refractivity contribution in [2.45, 2.75) is 59.0 Å². The number of hydrogen-bond acceptors (Lipinski definition) is 4. The molecule has 0 saturated carbocycles. The van der Waals surface area contributed by atoms with Gasteiger partial charge in [0.25, 0.3) is 0 Å². The lowest BCUT2D eigenvalue weighted by Crippen LogP contribution is -2.43. The highest BCUT2D eigenvalue weighted by Crippen LogP contribution is 2.22. The minimum atomic E-state index is -0.439. The molecule has 2 heterocycles. The van der Waals surface area contributed by atoms with Gasteiger partial charge in [0.05, 0.1) is 6.61 Å². The van der Waals surface area contributed by atoms with Crippen LogP contribution >= 0.6 is 0 Å². The van der Waals surface area contributed by atoms with Crippen LogP contribution in [0.1, 0.15) is 53.4 Å². The van der Waals surface area contributed by atoms with Gasteiger partial charge >= 0.3 is 6.09 Å². The molecule has 0 bridgehead atoms. The molecule has 0 spiro atoms. The highest BCUT2D eigenvalue weighted by Gasteiger charge is 2.28. The Hall–Kier alpha value is -1.50.